The summed E-state index contributed by atoms with van der Waals surface area (Å²) < 4.78 is 0. The van der Waals surface area contributed by atoms with Crippen LogP contribution in [0.3, 0.4) is 0 Å². The standard InChI is InChI=1S/C7H12N2O3/c1-2-4(6(9)10)3-5(8)7(11)12/h2,4-5H,1,3,8H2,(H2,9,10)(H,11,12). The third-order valence-corrected chi connectivity index (χ3v) is 1.48. The molecule has 2 atom stereocenters. The Bertz CT molecular complexity index is 203. The zero-order chi connectivity index (χ0) is 9.72. The van der Waals surface area contributed by atoms with Gasteiger partial charge in [-0.1, -0.05) is 6.08 Å². The van der Waals surface area contributed by atoms with E-state index in [0.29, 0.717) is 0 Å². The van der Waals surface area contributed by atoms with E-state index in [1.807, 2.05) is 0 Å². The maximum Gasteiger partial charge on any atom is 0.320 e. The molecule has 2 unspecified atom stereocenters. The average molecular weight is 172 g/mol. The van der Waals surface area contributed by atoms with Crippen LogP contribution in [0.2, 0.25) is 0 Å². The highest BCUT2D eigenvalue weighted by molar-refractivity contribution is 5.80. The Morgan fingerprint density at radius 2 is 2.08 bits per heavy atom. The zero-order valence-corrected chi connectivity index (χ0v) is 6.56. The number of amides is 1. The van der Waals surface area contributed by atoms with Crippen LogP contribution < -0.4 is 11.5 Å². The fraction of sp³-hybridized carbons (Fsp3) is 0.429. The van der Waals surface area contributed by atoms with Crippen molar-refractivity contribution in [2.24, 2.45) is 17.4 Å². The molecule has 5 nitrogen and oxygen atoms in total. The first kappa shape index (κ1) is 10.6. The molecule has 0 aliphatic rings. The largest absolute Gasteiger partial charge is 0.480 e. The smallest absolute Gasteiger partial charge is 0.320 e. The van der Waals surface area contributed by atoms with Crippen molar-refractivity contribution >= 4 is 11.9 Å². The fourth-order valence-electron chi connectivity index (χ4n) is 0.703. The topological polar surface area (TPSA) is 106 Å². The number of carboxylic acids is 1. The van der Waals surface area contributed by atoms with Crippen LogP contribution in [0.25, 0.3) is 0 Å². The molecule has 0 spiro atoms. The summed E-state index contributed by atoms with van der Waals surface area (Å²) in [5.74, 6) is -2.43. The van der Waals surface area contributed by atoms with Gasteiger partial charge in [0.2, 0.25) is 5.91 Å². The van der Waals surface area contributed by atoms with E-state index >= 15 is 0 Å². The van der Waals surface area contributed by atoms with Crippen LogP contribution in [0.15, 0.2) is 12.7 Å². The first-order chi connectivity index (χ1) is 5.49. The highest BCUT2D eigenvalue weighted by atomic mass is 16.4. The number of nitrogens with two attached hydrogens (primary N) is 2. The van der Waals surface area contributed by atoms with Crippen molar-refractivity contribution < 1.29 is 14.7 Å². The number of carboxylic acid groups (broad SMARTS) is 1. The van der Waals surface area contributed by atoms with Crippen molar-refractivity contribution in [3.8, 4) is 0 Å². The van der Waals surface area contributed by atoms with Crippen LogP contribution in [0.1, 0.15) is 6.42 Å². The number of rotatable bonds is 5. The van der Waals surface area contributed by atoms with Gasteiger partial charge in [0.25, 0.3) is 0 Å². The van der Waals surface area contributed by atoms with Gasteiger partial charge in [-0.05, 0) is 6.42 Å². The van der Waals surface area contributed by atoms with E-state index < -0.39 is 23.8 Å². The SMILES string of the molecule is C=CC(CC(N)C(=O)O)C(N)=O. The van der Waals surface area contributed by atoms with E-state index in [0.717, 1.165) is 0 Å². The third-order valence-electron chi connectivity index (χ3n) is 1.48. The van der Waals surface area contributed by atoms with Gasteiger partial charge < -0.3 is 16.6 Å². The van der Waals surface area contributed by atoms with Crippen LogP contribution in [-0.2, 0) is 9.59 Å². The molecule has 0 radical (unpaired) electrons. The van der Waals surface area contributed by atoms with E-state index in [1.54, 1.807) is 0 Å². The van der Waals surface area contributed by atoms with Gasteiger partial charge in [0, 0.05) is 0 Å². The number of hydrogen-bond acceptors (Lipinski definition) is 3. The lowest BCUT2D eigenvalue weighted by Crippen LogP contribution is -2.35. The van der Waals surface area contributed by atoms with Crippen molar-refractivity contribution in [3.63, 3.8) is 0 Å². The zero-order valence-electron chi connectivity index (χ0n) is 6.56. The summed E-state index contributed by atoms with van der Waals surface area (Å²) in [6.07, 6.45) is 1.29. The van der Waals surface area contributed by atoms with Crippen LogP contribution in [0.4, 0.5) is 0 Å². The lowest BCUT2D eigenvalue weighted by Gasteiger charge is -2.10. The molecule has 0 bridgehead atoms. The maximum absolute atomic E-state index is 10.6. The predicted octanol–water partition coefficient (Wildman–Crippen LogP) is -0.924. The van der Waals surface area contributed by atoms with E-state index in [4.69, 9.17) is 16.6 Å². The van der Waals surface area contributed by atoms with Gasteiger partial charge in [0.1, 0.15) is 6.04 Å². The Balaban J connectivity index is 4.11. The molecule has 0 aromatic carbocycles. The highest BCUT2D eigenvalue weighted by Gasteiger charge is 2.19. The Morgan fingerprint density at radius 1 is 1.58 bits per heavy atom. The van der Waals surface area contributed by atoms with Crippen LogP contribution in [-0.4, -0.2) is 23.0 Å². The second kappa shape index (κ2) is 4.50. The van der Waals surface area contributed by atoms with E-state index in [-0.39, 0.29) is 6.42 Å². The molecule has 0 rings (SSSR count). The molecular weight excluding hydrogens is 160 g/mol. The lowest BCUT2D eigenvalue weighted by atomic mass is 10.00. The number of hydrogen-bond donors (Lipinski definition) is 3. The average Bonchev–Trinajstić information content (AvgIpc) is 1.98. The van der Waals surface area contributed by atoms with Gasteiger partial charge in [-0.15, -0.1) is 6.58 Å². The van der Waals surface area contributed by atoms with Gasteiger partial charge in [0.05, 0.1) is 5.92 Å². The van der Waals surface area contributed by atoms with Crippen molar-refractivity contribution in [3.05, 3.63) is 12.7 Å². The second-order valence-electron chi connectivity index (χ2n) is 2.42. The minimum atomic E-state index is -1.15. The number of carbonyl (C=O) groups excluding carboxylic acids is 1. The quantitative estimate of drug-likeness (QED) is 0.466. The number of primary amides is 1. The summed E-state index contributed by atoms with van der Waals surface area (Å²) in [5, 5.41) is 8.40. The molecule has 0 saturated carbocycles. The molecule has 5 N–H and O–H groups in total. The predicted molar refractivity (Wildman–Crippen MR) is 43.1 cm³/mol. The first-order valence-electron chi connectivity index (χ1n) is 3.39. The molecule has 5 heteroatoms. The maximum atomic E-state index is 10.6. The minimum Gasteiger partial charge on any atom is -0.480 e. The van der Waals surface area contributed by atoms with Crippen molar-refractivity contribution in [2.45, 2.75) is 12.5 Å². The molecule has 1 amide bonds. The highest BCUT2D eigenvalue weighted by Crippen LogP contribution is 2.05. The summed E-state index contributed by atoms with van der Waals surface area (Å²) in [5.41, 5.74) is 10.1. The molecule has 0 aliphatic carbocycles. The molecule has 0 saturated heterocycles. The van der Waals surface area contributed by atoms with Crippen molar-refractivity contribution in [1.82, 2.24) is 0 Å². The van der Waals surface area contributed by atoms with Gasteiger partial charge in [0.15, 0.2) is 0 Å². The van der Waals surface area contributed by atoms with Crippen LogP contribution in [0, 0.1) is 5.92 Å². The van der Waals surface area contributed by atoms with Crippen LogP contribution in [0.5, 0.6) is 0 Å². The first-order valence-corrected chi connectivity index (χ1v) is 3.39. The molecular formula is C7H12N2O3. The lowest BCUT2D eigenvalue weighted by molar-refractivity contribution is -0.139. The molecule has 0 aliphatic heterocycles. The number of carbonyl (C=O) groups is 2. The molecule has 0 aromatic rings. The van der Waals surface area contributed by atoms with Gasteiger partial charge in [-0.3, -0.25) is 9.59 Å². The summed E-state index contributed by atoms with van der Waals surface area (Å²) in [6.45, 7) is 3.35. The second-order valence-corrected chi connectivity index (χ2v) is 2.42. The summed E-state index contributed by atoms with van der Waals surface area (Å²) in [7, 11) is 0. The molecule has 0 heterocycles. The molecule has 68 valence electrons. The Morgan fingerprint density at radius 3 is 2.33 bits per heavy atom. The molecule has 12 heavy (non-hydrogen) atoms. The van der Waals surface area contributed by atoms with E-state index in [9.17, 15) is 9.59 Å². The van der Waals surface area contributed by atoms with E-state index in [2.05, 4.69) is 6.58 Å². The minimum absolute atomic E-state index is 0.00579. The van der Waals surface area contributed by atoms with Gasteiger partial charge in [-0.2, -0.15) is 0 Å². The summed E-state index contributed by atoms with van der Waals surface area (Å²) >= 11 is 0. The number of aliphatic carboxylic acids is 1. The van der Waals surface area contributed by atoms with Gasteiger partial charge in [-0.25, -0.2) is 0 Å². The Labute approximate surface area is 70.0 Å². The Hall–Kier alpha value is -1.36. The van der Waals surface area contributed by atoms with Crippen molar-refractivity contribution in [1.29, 1.82) is 0 Å². The summed E-state index contributed by atoms with van der Waals surface area (Å²) in [4.78, 5) is 20.9. The van der Waals surface area contributed by atoms with Crippen molar-refractivity contribution in [2.75, 3.05) is 0 Å². The monoisotopic (exact) mass is 172 g/mol. The van der Waals surface area contributed by atoms with Gasteiger partial charge >= 0.3 is 5.97 Å². The normalized spacial score (nSPS) is 14.8. The fourth-order valence-corrected chi connectivity index (χ4v) is 0.703. The Kier molecular flexibility index (Phi) is 3.99. The van der Waals surface area contributed by atoms with E-state index in [1.165, 1.54) is 6.08 Å². The van der Waals surface area contributed by atoms with Crippen LogP contribution >= 0.6 is 0 Å². The third kappa shape index (κ3) is 3.16. The summed E-state index contributed by atoms with van der Waals surface area (Å²) in [6, 6.07) is -1.07. The molecule has 0 aromatic heterocycles. The molecule has 0 fully saturated rings.